The van der Waals surface area contributed by atoms with Gasteiger partial charge in [-0.05, 0) is 12.1 Å². The second kappa shape index (κ2) is 8.16. The molecule has 0 aliphatic carbocycles. The van der Waals surface area contributed by atoms with Crippen LogP contribution in [0.2, 0.25) is 0 Å². The highest BCUT2D eigenvalue weighted by Crippen LogP contribution is 2.16. The predicted octanol–water partition coefficient (Wildman–Crippen LogP) is 2.07. The van der Waals surface area contributed by atoms with Crippen LogP contribution in [0.4, 0.5) is 0 Å². The van der Waals surface area contributed by atoms with Gasteiger partial charge in [0.2, 0.25) is 5.91 Å². The number of carboxylic acid groups (broad SMARTS) is 1. The van der Waals surface area contributed by atoms with E-state index >= 15 is 0 Å². The molecule has 0 spiro atoms. The molecule has 0 aliphatic rings. The maximum atomic E-state index is 12.0. The monoisotopic (exact) mass is 292 g/mol. The van der Waals surface area contributed by atoms with E-state index in [9.17, 15) is 9.59 Å². The lowest BCUT2D eigenvalue weighted by molar-refractivity contribution is -0.127. The van der Waals surface area contributed by atoms with Crippen molar-refractivity contribution in [3.05, 3.63) is 49.2 Å². The smallest absolute Gasteiger partial charge is 0.337 e. The zero-order valence-corrected chi connectivity index (χ0v) is 11.8. The van der Waals surface area contributed by atoms with E-state index in [1.165, 1.54) is 24.0 Å². The molecule has 1 aromatic heterocycles. The minimum Gasteiger partial charge on any atom is -0.478 e. The Balaban J connectivity index is 2.56. The number of hydrogen-bond acceptors (Lipinski definition) is 4. The van der Waals surface area contributed by atoms with Crippen molar-refractivity contribution in [2.75, 3.05) is 18.8 Å². The van der Waals surface area contributed by atoms with Crippen LogP contribution in [0, 0.1) is 0 Å². The maximum Gasteiger partial charge on any atom is 0.337 e. The highest BCUT2D eigenvalue weighted by molar-refractivity contribution is 7.99. The Kier molecular flexibility index (Phi) is 6.52. The number of carboxylic acids is 1. The van der Waals surface area contributed by atoms with Gasteiger partial charge in [0.15, 0.2) is 0 Å². The lowest BCUT2D eigenvalue weighted by atomic mass is 10.3. The van der Waals surface area contributed by atoms with Gasteiger partial charge in [-0.1, -0.05) is 23.9 Å². The minimum atomic E-state index is -1.02. The fourth-order valence-corrected chi connectivity index (χ4v) is 2.15. The van der Waals surface area contributed by atoms with Gasteiger partial charge >= 0.3 is 5.97 Å². The van der Waals surface area contributed by atoms with E-state index in [-0.39, 0.29) is 17.2 Å². The van der Waals surface area contributed by atoms with Gasteiger partial charge < -0.3 is 10.0 Å². The van der Waals surface area contributed by atoms with Crippen molar-refractivity contribution >= 4 is 23.6 Å². The Bertz CT molecular complexity index is 490. The molecule has 0 atom stereocenters. The Morgan fingerprint density at radius 1 is 1.30 bits per heavy atom. The van der Waals surface area contributed by atoms with Gasteiger partial charge in [0.05, 0.1) is 16.3 Å². The summed E-state index contributed by atoms with van der Waals surface area (Å²) in [5, 5.41) is 9.37. The molecule has 0 unspecified atom stereocenters. The molecular formula is C14H16N2O3S. The molecule has 1 N–H and O–H groups in total. The van der Waals surface area contributed by atoms with Gasteiger partial charge in [0.1, 0.15) is 0 Å². The van der Waals surface area contributed by atoms with Gasteiger partial charge in [-0.25, -0.2) is 9.78 Å². The molecule has 20 heavy (non-hydrogen) atoms. The average molecular weight is 292 g/mol. The van der Waals surface area contributed by atoms with Crippen LogP contribution in [-0.2, 0) is 4.79 Å². The van der Waals surface area contributed by atoms with Crippen LogP contribution < -0.4 is 0 Å². The molecule has 6 heteroatoms. The molecule has 1 rings (SSSR count). The highest BCUT2D eigenvalue weighted by atomic mass is 32.2. The standard InChI is InChI=1S/C14H16N2O3S/c1-3-7-16(8-4-2)13(17)10-20-12-6-5-11(9-15-12)14(18)19/h3-6,9H,1-2,7-8,10H2,(H,18,19). The molecule has 1 heterocycles. The summed E-state index contributed by atoms with van der Waals surface area (Å²) in [5.74, 6) is -0.826. The molecule has 106 valence electrons. The van der Waals surface area contributed by atoms with Gasteiger partial charge in [0.25, 0.3) is 0 Å². The van der Waals surface area contributed by atoms with Crippen molar-refractivity contribution in [2.24, 2.45) is 0 Å². The van der Waals surface area contributed by atoms with Crippen LogP contribution in [-0.4, -0.2) is 45.7 Å². The van der Waals surface area contributed by atoms with Crippen LogP contribution >= 0.6 is 11.8 Å². The molecular weight excluding hydrogens is 276 g/mol. The summed E-state index contributed by atoms with van der Waals surface area (Å²) >= 11 is 1.27. The number of hydrogen-bond donors (Lipinski definition) is 1. The van der Waals surface area contributed by atoms with E-state index in [0.717, 1.165) is 0 Å². The molecule has 0 aliphatic heterocycles. The number of carbonyl (C=O) groups excluding carboxylic acids is 1. The molecule has 0 saturated heterocycles. The number of thioether (sulfide) groups is 1. The van der Waals surface area contributed by atoms with E-state index in [1.807, 2.05) is 0 Å². The second-order valence-corrected chi connectivity index (χ2v) is 4.85. The van der Waals surface area contributed by atoms with Crippen LogP contribution in [0.5, 0.6) is 0 Å². The Hall–Kier alpha value is -2.08. The van der Waals surface area contributed by atoms with Gasteiger partial charge in [0, 0.05) is 19.3 Å². The molecule has 0 saturated carbocycles. The highest BCUT2D eigenvalue weighted by Gasteiger charge is 2.11. The molecule has 0 fully saturated rings. The molecule has 1 amide bonds. The summed E-state index contributed by atoms with van der Waals surface area (Å²) in [7, 11) is 0. The number of amides is 1. The Morgan fingerprint density at radius 2 is 1.95 bits per heavy atom. The third-order valence-electron chi connectivity index (χ3n) is 2.38. The van der Waals surface area contributed by atoms with E-state index in [4.69, 9.17) is 5.11 Å². The molecule has 1 aromatic rings. The first-order valence-electron chi connectivity index (χ1n) is 5.90. The fraction of sp³-hybridized carbons (Fsp3) is 0.214. The largest absolute Gasteiger partial charge is 0.478 e. The molecule has 0 radical (unpaired) electrons. The molecule has 5 nitrogen and oxygen atoms in total. The average Bonchev–Trinajstić information content (AvgIpc) is 2.45. The zero-order chi connectivity index (χ0) is 15.0. The first-order valence-corrected chi connectivity index (χ1v) is 6.88. The van der Waals surface area contributed by atoms with E-state index in [2.05, 4.69) is 18.1 Å². The van der Waals surface area contributed by atoms with Gasteiger partial charge in [-0.2, -0.15) is 0 Å². The second-order valence-electron chi connectivity index (χ2n) is 3.86. The van der Waals surface area contributed by atoms with Crippen molar-refractivity contribution in [1.82, 2.24) is 9.88 Å². The van der Waals surface area contributed by atoms with Crippen LogP contribution in [0.3, 0.4) is 0 Å². The maximum absolute atomic E-state index is 12.0. The SMILES string of the molecule is C=CCN(CC=C)C(=O)CSc1ccc(C(=O)O)cn1. The number of aromatic nitrogens is 1. The van der Waals surface area contributed by atoms with Gasteiger partial charge in [-0.3, -0.25) is 4.79 Å². The van der Waals surface area contributed by atoms with Crippen LogP contribution in [0.15, 0.2) is 48.7 Å². The van der Waals surface area contributed by atoms with E-state index < -0.39 is 5.97 Å². The third-order valence-corrected chi connectivity index (χ3v) is 3.31. The normalized spacial score (nSPS) is 9.80. The van der Waals surface area contributed by atoms with E-state index in [0.29, 0.717) is 18.1 Å². The zero-order valence-electron chi connectivity index (χ0n) is 11.0. The van der Waals surface area contributed by atoms with Gasteiger partial charge in [-0.15, -0.1) is 13.2 Å². The van der Waals surface area contributed by atoms with Crippen molar-refractivity contribution in [1.29, 1.82) is 0 Å². The van der Waals surface area contributed by atoms with E-state index in [1.54, 1.807) is 23.1 Å². The summed E-state index contributed by atoms with van der Waals surface area (Å²) in [6, 6.07) is 3.06. The Labute approximate surface area is 122 Å². The number of rotatable bonds is 8. The predicted molar refractivity (Wildman–Crippen MR) is 78.9 cm³/mol. The number of nitrogens with zero attached hydrogens (tertiary/aromatic N) is 2. The lowest BCUT2D eigenvalue weighted by Gasteiger charge is -2.18. The topological polar surface area (TPSA) is 70.5 Å². The van der Waals surface area contributed by atoms with Crippen molar-refractivity contribution < 1.29 is 14.7 Å². The minimum absolute atomic E-state index is 0.0427. The van der Waals surface area contributed by atoms with Crippen LogP contribution in [0.25, 0.3) is 0 Å². The number of carbonyl (C=O) groups is 2. The third kappa shape index (κ3) is 4.89. The number of pyridine rings is 1. The quantitative estimate of drug-likeness (QED) is 0.586. The van der Waals surface area contributed by atoms with Crippen molar-refractivity contribution in [3.8, 4) is 0 Å². The number of aromatic carboxylic acids is 1. The first-order chi connectivity index (χ1) is 9.58. The fourth-order valence-electron chi connectivity index (χ4n) is 1.41. The molecule has 0 aromatic carbocycles. The Morgan fingerprint density at radius 3 is 2.40 bits per heavy atom. The van der Waals surface area contributed by atoms with Crippen LogP contribution in [0.1, 0.15) is 10.4 Å². The van der Waals surface area contributed by atoms with Crippen molar-refractivity contribution in [2.45, 2.75) is 5.03 Å². The summed E-state index contributed by atoms with van der Waals surface area (Å²) in [6.45, 7) is 8.15. The first kappa shape index (κ1) is 16.0. The summed E-state index contributed by atoms with van der Waals surface area (Å²) < 4.78 is 0. The lowest BCUT2D eigenvalue weighted by Crippen LogP contribution is -2.32. The van der Waals surface area contributed by atoms with Crippen molar-refractivity contribution in [3.63, 3.8) is 0 Å². The summed E-state index contributed by atoms with van der Waals surface area (Å²) in [4.78, 5) is 28.3. The molecule has 0 bridgehead atoms. The summed E-state index contributed by atoms with van der Waals surface area (Å²) in [6.07, 6.45) is 4.60. The summed E-state index contributed by atoms with van der Waals surface area (Å²) in [5.41, 5.74) is 0.126.